The number of nitrogens with two attached hydrogens (primary N) is 2. The number of nitrogens with zero attached hydrogens (tertiary/aromatic N) is 1. The van der Waals surface area contributed by atoms with E-state index in [2.05, 4.69) is 5.32 Å². The smallest absolute Gasteiger partial charge is 0.245 e. The largest absolute Gasteiger partial charge is 0.350 e. The second-order valence-electron chi connectivity index (χ2n) is 8.10. The van der Waals surface area contributed by atoms with Crippen molar-refractivity contribution < 1.29 is 14.0 Å². The lowest BCUT2D eigenvalue weighted by Gasteiger charge is -2.35. The topological polar surface area (TPSA) is 101 Å². The normalized spacial score (nSPS) is 19.3. The number of likely N-dealkylation sites (tertiary alicyclic amines) is 1. The second kappa shape index (κ2) is 9.77. The van der Waals surface area contributed by atoms with Crippen molar-refractivity contribution in [2.24, 2.45) is 11.5 Å². The average Bonchev–Trinajstić information content (AvgIpc) is 3.15. The van der Waals surface area contributed by atoms with Crippen molar-refractivity contribution in [2.75, 3.05) is 6.54 Å². The van der Waals surface area contributed by atoms with Gasteiger partial charge < -0.3 is 21.7 Å². The van der Waals surface area contributed by atoms with Gasteiger partial charge in [0.05, 0.1) is 6.04 Å². The first-order valence-corrected chi connectivity index (χ1v) is 10.7. The molecule has 6 nitrogen and oxygen atoms in total. The Balaban J connectivity index is 1.68. The minimum absolute atomic E-state index is 0.240. The van der Waals surface area contributed by atoms with E-state index in [9.17, 15) is 14.0 Å². The Morgan fingerprint density at radius 2 is 1.94 bits per heavy atom. The molecular weight excluding hydrogens is 419 g/mol. The van der Waals surface area contributed by atoms with Gasteiger partial charge in [0.15, 0.2) is 0 Å². The molecule has 0 bridgehead atoms. The predicted molar refractivity (Wildman–Crippen MR) is 119 cm³/mol. The fraction of sp³-hybridized carbons (Fsp3) is 0.391. The van der Waals surface area contributed by atoms with Gasteiger partial charge in [0.2, 0.25) is 11.8 Å². The average molecular weight is 447 g/mol. The van der Waals surface area contributed by atoms with Gasteiger partial charge in [0, 0.05) is 24.7 Å². The van der Waals surface area contributed by atoms with E-state index in [4.69, 9.17) is 23.1 Å². The van der Waals surface area contributed by atoms with Crippen LogP contribution in [0.2, 0.25) is 5.02 Å². The molecule has 0 saturated carbocycles. The fourth-order valence-electron chi connectivity index (χ4n) is 4.04. The van der Waals surface area contributed by atoms with Gasteiger partial charge >= 0.3 is 0 Å². The number of halogens is 2. The Bertz CT molecular complexity index is 953. The van der Waals surface area contributed by atoms with Gasteiger partial charge in [-0.25, -0.2) is 4.39 Å². The lowest BCUT2D eigenvalue weighted by atomic mass is 9.95. The van der Waals surface area contributed by atoms with Crippen molar-refractivity contribution in [1.82, 2.24) is 10.2 Å². The summed E-state index contributed by atoms with van der Waals surface area (Å²) in [7, 11) is 0. The van der Waals surface area contributed by atoms with E-state index in [0.717, 1.165) is 16.7 Å². The van der Waals surface area contributed by atoms with E-state index in [1.807, 2.05) is 6.07 Å². The van der Waals surface area contributed by atoms with Crippen molar-refractivity contribution in [1.29, 1.82) is 0 Å². The van der Waals surface area contributed by atoms with Crippen LogP contribution in [-0.2, 0) is 29.1 Å². The zero-order valence-corrected chi connectivity index (χ0v) is 18.3. The first kappa shape index (κ1) is 23.2. The molecule has 0 spiro atoms. The summed E-state index contributed by atoms with van der Waals surface area (Å²) in [5.74, 6) is -0.870. The van der Waals surface area contributed by atoms with Gasteiger partial charge in [0.1, 0.15) is 11.4 Å². The van der Waals surface area contributed by atoms with E-state index in [1.54, 1.807) is 36.1 Å². The monoisotopic (exact) mass is 446 g/mol. The molecule has 1 aliphatic heterocycles. The second-order valence-corrected chi connectivity index (χ2v) is 8.54. The summed E-state index contributed by atoms with van der Waals surface area (Å²) in [5.41, 5.74) is 13.5. The molecular formula is C23H28ClFN4O2. The van der Waals surface area contributed by atoms with Crippen LogP contribution in [0.3, 0.4) is 0 Å². The minimum atomic E-state index is -0.987. The van der Waals surface area contributed by atoms with Crippen LogP contribution in [-0.4, -0.2) is 34.8 Å². The molecule has 1 unspecified atom stereocenters. The van der Waals surface area contributed by atoms with Gasteiger partial charge in [-0.05, 0) is 67.1 Å². The van der Waals surface area contributed by atoms with Gasteiger partial charge in [-0.2, -0.15) is 0 Å². The van der Waals surface area contributed by atoms with Crippen molar-refractivity contribution in [3.63, 3.8) is 0 Å². The van der Waals surface area contributed by atoms with Crippen LogP contribution >= 0.6 is 11.6 Å². The molecule has 1 aliphatic rings. The molecule has 1 heterocycles. The van der Waals surface area contributed by atoms with Crippen molar-refractivity contribution in [2.45, 2.75) is 50.9 Å². The third-order valence-corrected chi connectivity index (χ3v) is 6.15. The lowest BCUT2D eigenvalue weighted by Crippen LogP contribution is -2.58. The van der Waals surface area contributed by atoms with Crippen LogP contribution in [0.1, 0.15) is 36.5 Å². The van der Waals surface area contributed by atoms with Crippen molar-refractivity contribution in [3.05, 3.63) is 70.0 Å². The summed E-state index contributed by atoms with van der Waals surface area (Å²) in [6.07, 6.45) is 1.53. The summed E-state index contributed by atoms with van der Waals surface area (Å²) in [6, 6.07) is 10.5. The number of carbonyl (C=O) groups is 2. The standard InChI is InChI=1S/C23H28ClFN4O2/c1-23(22(31)28-14-17-12-18(24)6-5-16(17)13-26)9-2-10-29(23)21(30)20(27)11-15-3-7-19(25)8-4-15/h3-8,12,20H,2,9-11,13-14,26-27H2,1H3,(H,28,31)/t20-,23?/m0/s1. The predicted octanol–water partition coefficient (Wildman–Crippen LogP) is 2.51. The number of hydrogen-bond acceptors (Lipinski definition) is 4. The zero-order chi connectivity index (χ0) is 22.6. The molecule has 5 N–H and O–H groups in total. The summed E-state index contributed by atoms with van der Waals surface area (Å²) in [5, 5.41) is 3.50. The minimum Gasteiger partial charge on any atom is -0.350 e. The number of amides is 2. The summed E-state index contributed by atoms with van der Waals surface area (Å²) in [6.45, 7) is 2.83. The van der Waals surface area contributed by atoms with Crippen molar-refractivity contribution in [3.8, 4) is 0 Å². The van der Waals surface area contributed by atoms with E-state index >= 15 is 0 Å². The molecule has 8 heteroatoms. The van der Waals surface area contributed by atoms with Crippen molar-refractivity contribution >= 4 is 23.4 Å². The molecule has 0 aromatic heterocycles. The Labute approximate surface area is 186 Å². The van der Waals surface area contributed by atoms with Gasteiger partial charge in [0.25, 0.3) is 0 Å². The Morgan fingerprint density at radius 3 is 2.61 bits per heavy atom. The molecule has 1 fully saturated rings. The molecule has 2 atom stereocenters. The first-order valence-electron chi connectivity index (χ1n) is 10.3. The highest BCUT2D eigenvalue weighted by molar-refractivity contribution is 6.30. The highest BCUT2D eigenvalue weighted by Gasteiger charge is 2.46. The molecule has 0 radical (unpaired) electrons. The van der Waals surface area contributed by atoms with Gasteiger partial charge in [-0.3, -0.25) is 9.59 Å². The first-order chi connectivity index (χ1) is 14.7. The fourth-order valence-corrected chi connectivity index (χ4v) is 4.23. The number of benzene rings is 2. The number of nitrogens with one attached hydrogen (secondary N) is 1. The summed E-state index contributed by atoms with van der Waals surface area (Å²) < 4.78 is 13.1. The maximum absolute atomic E-state index is 13.1. The maximum Gasteiger partial charge on any atom is 0.245 e. The van der Waals surface area contributed by atoms with Gasteiger partial charge in [-0.1, -0.05) is 29.8 Å². The van der Waals surface area contributed by atoms with Crippen LogP contribution < -0.4 is 16.8 Å². The quantitative estimate of drug-likeness (QED) is 0.608. The zero-order valence-electron chi connectivity index (χ0n) is 17.5. The van der Waals surface area contributed by atoms with E-state index in [1.165, 1.54) is 12.1 Å². The van der Waals surface area contributed by atoms with E-state index in [0.29, 0.717) is 31.0 Å². The molecule has 2 amide bonds. The lowest BCUT2D eigenvalue weighted by molar-refractivity contribution is -0.145. The Kier molecular flexibility index (Phi) is 7.30. The molecule has 0 aliphatic carbocycles. The Hall–Kier alpha value is -2.48. The number of rotatable bonds is 7. The SMILES string of the molecule is CC1(C(=O)NCc2cc(Cl)ccc2CN)CCCN1C(=O)[C@@H](N)Cc1ccc(F)cc1. The maximum atomic E-state index is 13.1. The molecule has 1 saturated heterocycles. The number of carbonyl (C=O) groups excluding carboxylic acids is 2. The molecule has 166 valence electrons. The van der Waals surface area contributed by atoms with Crippen LogP contribution in [0.4, 0.5) is 4.39 Å². The summed E-state index contributed by atoms with van der Waals surface area (Å²) >= 11 is 6.08. The van der Waals surface area contributed by atoms with Crippen LogP contribution in [0.5, 0.6) is 0 Å². The third kappa shape index (κ3) is 5.23. The molecule has 31 heavy (non-hydrogen) atoms. The molecule has 3 rings (SSSR count). The summed E-state index contributed by atoms with van der Waals surface area (Å²) in [4.78, 5) is 27.7. The molecule has 2 aromatic rings. The van der Waals surface area contributed by atoms with Gasteiger partial charge in [-0.15, -0.1) is 0 Å². The highest BCUT2D eigenvalue weighted by Crippen LogP contribution is 2.30. The van der Waals surface area contributed by atoms with E-state index in [-0.39, 0.29) is 30.6 Å². The van der Waals surface area contributed by atoms with E-state index < -0.39 is 11.6 Å². The molecule has 2 aromatic carbocycles. The third-order valence-electron chi connectivity index (χ3n) is 5.91. The Morgan fingerprint density at radius 1 is 1.23 bits per heavy atom. The van der Waals surface area contributed by atoms with Crippen LogP contribution in [0, 0.1) is 5.82 Å². The number of hydrogen-bond donors (Lipinski definition) is 3. The van der Waals surface area contributed by atoms with Crippen LogP contribution in [0.25, 0.3) is 0 Å². The van der Waals surface area contributed by atoms with Crippen LogP contribution in [0.15, 0.2) is 42.5 Å². The highest BCUT2D eigenvalue weighted by atomic mass is 35.5.